The van der Waals surface area contributed by atoms with E-state index in [0.29, 0.717) is 12.5 Å². The lowest BCUT2D eigenvalue weighted by atomic mass is 9.96. The summed E-state index contributed by atoms with van der Waals surface area (Å²) in [4.78, 5) is 11.9. The maximum atomic E-state index is 11.9. The molecular formula is C15H24N2OS. The third-order valence-corrected chi connectivity index (χ3v) is 3.90. The molecule has 0 bridgehead atoms. The van der Waals surface area contributed by atoms with Crippen LogP contribution in [-0.4, -0.2) is 30.5 Å². The zero-order valence-electron chi connectivity index (χ0n) is 11.8. The van der Waals surface area contributed by atoms with E-state index in [9.17, 15) is 4.79 Å². The Labute approximate surface area is 120 Å². The van der Waals surface area contributed by atoms with Gasteiger partial charge in [0.25, 0.3) is 0 Å². The Morgan fingerprint density at radius 3 is 2.63 bits per heavy atom. The van der Waals surface area contributed by atoms with Gasteiger partial charge in [0, 0.05) is 12.5 Å². The predicted octanol–water partition coefficient (Wildman–Crippen LogP) is 2.38. The van der Waals surface area contributed by atoms with E-state index in [-0.39, 0.29) is 11.9 Å². The molecule has 0 heterocycles. The summed E-state index contributed by atoms with van der Waals surface area (Å²) < 4.78 is 0. The van der Waals surface area contributed by atoms with Crippen molar-refractivity contribution in [1.82, 2.24) is 5.32 Å². The van der Waals surface area contributed by atoms with Gasteiger partial charge in [0.1, 0.15) is 0 Å². The number of rotatable bonds is 8. The Morgan fingerprint density at radius 2 is 2.05 bits per heavy atom. The standard InChI is InChI=1S/C15H24N2OS/c1-3-12(13-7-5-4-6-8-13)11-17-15(18)14(16)9-10-19-2/h4-8,12,14H,3,9-11,16H2,1-2H3,(H,17,18). The Kier molecular flexibility index (Phi) is 7.60. The lowest BCUT2D eigenvalue weighted by Crippen LogP contribution is -2.42. The third kappa shape index (κ3) is 5.66. The van der Waals surface area contributed by atoms with Gasteiger partial charge < -0.3 is 11.1 Å². The van der Waals surface area contributed by atoms with Gasteiger partial charge in [-0.05, 0) is 30.4 Å². The minimum atomic E-state index is -0.388. The average Bonchev–Trinajstić information content (AvgIpc) is 2.46. The number of hydrogen-bond acceptors (Lipinski definition) is 3. The quantitative estimate of drug-likeness (QED) is 0.768. The molecule has 0 fully saturated rings. The first-order valence-corrected chi connectivity index (χ1v) is 8.15. The fourth-order valence-electron chi connectivity index (χ4n) is 1.95. The predicted molar refractivity (Wildman–Crippen MR) is 83.5 cm³/mol. The van der Waals surface area contributed by atoms with Crippen molar-refractivity contribution in [2.24, 2.45) is 5.73 Å². The molecule has 0 spiro atoms. The van der Waals surface area contributed by atoms with E-state index in [1.54, 1.807) is 11.8 Å². The van der Waals surface area contributed by atoms with Gasteiger partial charge in [-0.15, -0.1) is 0 Å². The average molecular weight is 280 g/mol. The van der Waals surface area contributed by atoms with Gasteiger partial charge >= 0.3 is 0 Å². The van der Waals surface area contributed by atoms with Crippen LogP contribution in [0.5, 0.6) is 0 Å². The highest BCUT2D eigenvalue weighted by atomic mass is 32.2. The zero-order valence-corrected chi connectivity index (χ0v) is 12.6. The molecule has 0 aliphatic heterocycles. The molecule has 1 aromatic carbocycles. The number of carbonyl (C=O) groups excluding carboxylic acids is 1. The number of nitrogens with two attached hydrogens (primary N) is 1. The van der Waals surface area contributed by atoms with Gasteiger partial charge in [-0.2, -0.15) is 11.8 Å². The van der Waals surface area contributed by atoms with Crippen LogP contribution in [-0.2, 0) is 4.79 Å². The summed E-state index contributed by atoms with van der Waals surface area (Å²) >= 11 is 1.71. The van der Waals surface area contributed by atoms with E-state index in [0.717, 1.165) is 18.6 Å². The third-order valence-electron chi connectivity index (χ3n) is 3.26. The topological polar surface area (TPSA) is 55.1 Å². The summed E-state index contributed by atoms with van der Waals surface area (Å²) in [6.45, 7) is 2.80. The minimum absolute atomic E-state index is 0.0385. The second-order valence-electron chi connectivity index (χ2n) is 4.65. The van der Waals surface area contributed by atoms with E-state index in [1.807, 2.05) is 24.5 Å². The largest absolute Gasteiger partial charge is 0.354 e. The number of benzene rings is 1. The SMILES string of the molecule is CCC(CNC(=O)C(N)CCSC)c1ccccc1. The fourth-order valence-corrected chi connectivity index (χ4v) is 2.44. The monoisotopic (exact) mass is 280 g/mol. The summed E-state index contributed by atoms with van der Waals surface area (Å²) in [6, 6.07) is 9.89. The summed E-state index contributed by atoms with van der Waals surface area (Å²) in [5.41, 5.74) is 7.11. The molecule has 0 radical (unpaired) electrons. The van der Waals surface area contributed by atoms with Crippen molar-refractivity contribution in [3.05, 3.63) is 35.9 Å². The van der Waals surface area contributed by atoms with Crippen LogP contribution in [0, 0.1) is 0 Å². The molecule has 0 saturated carbocycles. The van der Waals surface area contributed by atoms with Gasteiger partial charge in [0.2, 0.25) is 5.91 Å². The van der Waals surface area contributed by atoms with Gasteiger partial charge in [0.05, 0.1) is 6.04 Å². The molecule has 1 rings (SSSR count). The van der Waals surface area contributed by atoms with Crippen LogP contribution < -0.4 is 11.1 Å². The van der Waals surface area contributed by atoms with Crippen LogP contribution in [0.25, 0.3) is 0 Å². The summed E-state index contributed by atoms with van der Waals surface area (Å²) in [5, 5.41) is 2.97. The van der Waals surface area contributed by atoms with E-state index in [2.05, 4.69) is 24.4 Å². The van der Waals surface area contributed by atoms with Gasteiger partial charge in [-0.25, -0.2) is 0 Å². The van der Waals surface area contributed by atoms with Gasteiger partial charge in [0.15, 0.2) is 0 Å². The molecule has 2 unspecified atom stereocenters. The smallest absolute Gasteiger partial charge is 0.236 e. The number of hydrogen-bond donors (Lipinski definition) is 2. The Hall–Kier alpha value is -1.00. The number of nitrogens with one attached hydrogen (secondary N) is 1. The van der Waals surface area contributed by atoms with Crippen LogP contribution in [0.3, 0.4) is 0 Å². The van der Waals surface area contributed by atoms with Crippen molar-refractivity contribution in [1.29, 1.82) is 0 Å². The van der Waals surface area contributed by atoms with Crippen LogP contribution in [0.1, 0.15) is 31.2 Å². The van der Waals surface area contributed by atoms with E-state index >= 15 is 0 Å². The Morgan fingerprint density at radius 1 is 1.37 bits per heavy atom. The summed E-state index contributed by atoms with van der Waals surface area (Å²) in [6.07, 6.45) is 3.76. The molecule has 106 valence electrons. The van der Waals surface area contributed by atoms with Crippen LogP contribution in [0.2, 0.25) is 0 Å². The molecule has 0 aliphatic carbocycles. The van der Waals surface area contributed by atoms with Crippen molar-refractivity contribution in [3.8, 4) is 0 Å². The van der Waals surface area contributed by atoms with E-state index < -0.39 is 0 Å². The second-order valence-corrected chi connectivity index (χ2v) is 5.63. The molecule has 0 saturated heterocycles. The highest BCUT2D eigenvalue weighted by Crippen LogP contribution is 2.17. The van der Waals surface area contributed by atoms with Gasteiger partial charge in [-0.1, -0.05) is 37.3 Å². The van der Waals surface area contributed by atoms with Crippen molar-refractivity contribution >= 4 is 17.7 Å². The number of amides is 1. The second kappa shape index (κ2) is 8.99. The highest BCUT2D eigenvalue weighted by molar-refractivity contribution is 7.98. The van der Waals surface area contributed by atoms with Crippen molar-refractivity contribution < 1.29 is 4.79 Å². The van der Waals surface area contributed by atoms with E-state index in [1.165, 1.54) is 5.56 Å². The molecule has 3 N–H and O–H groups in total. The van der Waals surface area contributed by atoms with Crippen LogP contribution >= 0.6 is 11.8 Å². The maximum Gasteiger partial charge on any atom is 0.236 e. The minimum Gasteiger partial charge on any atom is -0.354 e. The molecule has 0 aromatic heterocycles. The first-order chi connectivity index (χ1) is 9.19. The molecule has 19 heavy (non-hydrogen) atoms. The maximum absolute atomic E-state index is 11.9. The number of thioether (sulfide) groups is 1. The molecule has 4 heteroatoms. The molecular weight excluding hydrogens is 256 g/mol. The highest BCUT2D eigenvalue weighted by Gasteiger charge is 2.15. The van der Waals surface area contributed by atoms with Crippen molar-refractivity contribution in [2.75, 3.05) is 18.6 Å². The first kappa shape index (κ1) is 16.1. The van der Waals surface area contributed by atoms with Crippen LogP contribution in [0.15, 0.2) is 30.3 Å². The van der Waals surface area contributed by atoms with E-state index in [4.69, 9.17) is 5.73 Å². The van der Waals surface area contributed by atoms with Crippen molar-refractivity contribution in [2.45, 2.75) is 31.7 Å². The summed E-state index contributed by atoms with van der Waals surface area (Å²) in [7, 11) is 0. The molecule has 1 aromatic rings. The summed E-state index contributed by atoms with van der Waals surface area (Å²) in [5.74, 6) is 1.24. The number of carbonyl (C=O) groups is 1. The molecule has 3 nitrogen and oxygen atoms in total. The Bertz CT molecular complexity index is 370. The lowest BCUT2D eigenvalue weighted by molar-refractivity contribution is -0.122. The zero-order chi connectivity index (χ0) is 14.1. The fraction of sp³-hybridized carbons (Fsp3) is 0.533. The first-order valence-electron chi connectivity index (χ1n) is 6.76. The normalized spacial score (nSPS) is 13.8. The molecule has 1 amide bonds. The lowest BCUT2D eigenvalue weighted by Gasteiger charge is -2.18. The van der Waals surface area contributed by atoms with Crippen LogP contribution in [0.4, 0.5) is 0 Å². The van der Waals surface area contributed by atoms with Gasteiger partial charge in [-0.3, -0.25) is 4.79 Å². The van der Waals surface area contributed by atoms with Crippen molar-refractivity contribution in [3.63, 3.8) is 0 Å². The molecule has 2 atom stereocenters. The molecule has 0 aliphatic rings. The Balaban J connectivity index is 2.43.